The highest BCUT2D eigenvalue weighted by Crippen LogP contribution is 2.53. The zero-order chi connectivity index (χ0) is 29.3. The molecule has 0 bridgehead atoms. The average Bonchev–Trinajstić information content (AvgIpc) is 2.87. The molecule has 0 fully saturated rings. The number of nitrogens with two attached hydrogens (primary N) is 1. The van der Waals surface area contributed by atoms with Gasteiger partial charge in [-0.3, -0.25) is 14.4 Å². The van der Waals surface area contributed by atoms with Crippen molar-refractivity contribution in [3.8, 4) is 17.2 Å². The van der Waals surface area contributed by atoms with Crippen LogP contribution in [0.15, 0.2) is 46.9 Å². The summed E-state index contributed by atoms with van der Waals surface area (Å²) in [5.41, 5.74) is 3.29. The number of aliphatic hydroxyl groups excluding tert-OH is 2. The molecule has 2 aromatic carbocycles. The monoisotopic (exact) mass is 551 g/mol. The number of fused-ring (bicyclic) bond motifs is 3. The number of anilines is 2. The van der Waals surface area contributed by atoms with Crippen LogP contribution in [0.3, 0.4) is 0 Å². The van der Waals surface area contributed by atoms with Gasteiger partial charge in [0.15, 0.2) is 22.9 Å². The standard InChI is InChI=1S/C28H29N3O9/c1-31(2)16-9-15(30-10-11-3-4-17(32)18(33)5-11)23(35)21-14(16)7-12-6-13-8-19(34)22(27(29)39)26(38)28(13,40)25(37)20(12)24(21)36/h3-5,9,12-13,30,32-35,37,40H,6-8,10H2,1-2H3,(H2,29,39)/t12-,13+,28+/m1/s1. The fraction of sp³-hybridized carbons (Fsp3) is 0.321. The smallest absolute Gasteiger partial charge is 0.255 e. The molecule has 0 saturated carbocycles. The number of allylic oxidation sites excluding steroid dienone is 2. The van der Waals surface area contributed by atoms with Crippen molar-refractivity contribution in [2.45, 2.75) is 31.4 Å². The summed E-state index contributed by atoms with van der Waals surface area (Å²) < 4.78 is 0. The van der Waals surface area contributed by atoms with Crippen LogP contribution in [0.1, 0.15) is 34.3 Å². The lowest BCUT2D eigenvalue weighted by molar-refractivity contribution is -0.144. The number of Topliss-reactive ketones (excluding diaryl/α,β-unsaturated/α-hetero) is 2. The number of benzene rings is 2. The van der Waals surface area contributed by atoms with Crippen molar-refractivity contribution in [1.29, 1.82) is 0 Å². The molecule has 12 nitrogen and oxygen atoms in total. The first-order valence-corrected chi connectivity index (χ1v) is 12.6. The Morgan fingerprint density at radius 2 is 1.77 bits per heavy atom. The molecule has 40 heavy (non-hydrogen) atoms. The summed E-state index contributed by atoms with van der Waals surface area (Å²) in [7, 11) is 3.52. The Labute approximate surface area is 228 Å². The van der Waals surface area contributed by atoms with Crippen molar-refractivity contribution in [3.05, 3.63) is 63.6 Å². The number of phenols is 3. The second-order valence-electron chi connectivity index (χ2n) is 10.6. The van der Waals surface area contributed by atoms with Crippen molar-refractivity contribution in [2.24, 2.45) is 17.6 Å². The minimum absolute atomic E-state index is 0.0426. The molecule has 0 radical (unpaired) electrons. The SMILES string of the molecule is CN(C)c1cc(NCc2ccc(O)c(O)c2)c(O)c2c1C[C@H]1C[C@H]3CC(O)=C(C(N)=O)C(=O)[C@@]3(O)C(O)=C1C2=O. The third-order valence-electron chi connectivity index (χ3n) is 8.04. The van der Waals surface area contributed by atoms with Gasteiger partial charge >= 0.3 is 0 Å². The van der Waals surface area contributed by atoms with E-state index in [0.717, 1.165) is 0 Å². The molecule has 0 aromatic heterocycles. The first-order valence-electron chi connectivity index (χ1n) is 12.6. The third-order valence-corrected chi connectivity index (χ3v) is 8.04. The summed E-state index contributed by atoms with van der Waals surface area (Å²) in [5, 5.41) is 66.5. The molecule has 2 aromatic rings. The number of amides is 1. The zero-order valence-corrected chi connectivity index (χ0v) is 21.7. The average molecular weight is 552 g/mol. The quantitative estimate of drug-likeness (QED) is 0.198. The lowest BCUT2D eigenvalue weighted by Gasteiger charge is -2.46. The summed E-state index contributed by atoms with van der Waals surface area (Å²) in [6, 6.07) is 5.88. The molecule has 3 aliphatic rings. The van der Waals surface area contributed by atoms with Gasteiger partial charge in [-0.15, -0.1) is 0 Å². The highest BCUT2D eigenvalue weighted by Gasteiger charge is 2.59. The van der Waals surface area contributed by atoms with E-state index in [2.05, 4.69) is 5.32 Å². The minimum atomic E-state index is -2.63. The summed E-state index contributed by atoms with van der Waals surface area (Å²) in [5.74, 6) is -7.48. The predicted octanol–water partition coefficient (Wildman–Crippen LogP) is 1.67. The van der Waals surface area contributed by atoms with E-state index in [9.17, 15) is 45.0 Å². The van der Waals surface area contributed by atoms with Gasteiger partial charge < -0.3 is 46.6 Å². The molecular weight excluding hydrogens is 522 g/mol. The summed E-state index contributed by atoms with van der Waals surface area (Å²) in [6.07, 6.45) is -0.0701. The fourth-order valence-electron chi connectivity index (χ4n) is 6.08. The van der Waals surface area contributed by atoms with Crippen LogP contribution in [0.5, 0.6) is 17.2 Å². The number of primary amides is 1. The Kier molecular flexibility index (Phi) is 6.18. The van der Waals surface area contributed by atoms with Gasteiger partial charge in [-0.25, -0.2) is 0 Å². The number of aromatic hydroxyl groups is 3. The van der Waals surface area contributed by atoms with E-state index in [1.807, 2.05) is 0 Å². The number of aliphatic hydroxyl groups is 3. The molecule has 0 aliphatic heterocycles. The number of rotatable bonds is 5. The maximum absolute atomic E-state index is 13.9. The summed E-state index contributed by atoms with van der Waals surface area (Å²) in [6.45, 7) is 0.111. The van der Waals surface area contributed by atoms with E-state index < -0.39 is 57.8 Å². The summed E-state index contributed by atoms with van der Waals surface area (Å²) >= 11 is 0. The second-order valence-corrected chi connectivity index (χ2v) is 10.6. The van der Waals surface area contributed by atoms with Gasteiger partial charge in [-0.1, -0.05) is 6.07 Å². The maximum Gasteiger partial charge on any atom is 0.255 e. The summed E-state index contributed by atoms with van der Waals surface area (Å²) in [4.78, 5) is 40.6. The zero-order valence-electron chi connectivity index (χ0n) is 21.7. The van der Waals surface area contributed by atoms with Crippen molar-refractivity contribution in [2.75, 3.05) is 24.3 Å². The van der Waals surface area contributed by atoms with E-state index in [1.54, 1.807) is 31.1 Å². The van der Waals surface area contributed by atoms with Gasteiger partial charge in [0.2, 0.25) is 5.78 Å². The van der Waals surface area contributed by atoms with Gasteiger partial charge in [-0.2, -0.15) is 0 Å². The lowest BCUT2D eigenvalue weighted by Crippen LogP contribution is -2.57. The second kappa shape index (κ2) is 9.19. The Bertz CT molecular complexity index is 1560. The Morgan fingerprint density at radius 1 is 1.07 bits per heavy atom. The Balaban J connectivity index is 1.60. The van der Waals surface area contributed by atoms with Gasteiger partial charge in [0.05, 0.1) is 11.3 Å². The minimum Gasteiger partial charge on any atom is -0.511 e. The molecule has 12 heteroatoms. The van der Waals surface area contributed by atoms with Crippen LogP contribution < -0.4 is 16.0 Å². The largest absolute Gasteiger partial charge is 0.511 e. The van der Waals surface area contributed by atoms with Crippen LogP contribution in [0, 0.1) is 11.8 Å². The highest BCUT2D eigenvalue weighted by molar-refractivity contribution is 6.24. The highest BCUT2D eigenvalue weighted by atomic mass is 16.3. The third kappa shape index (κ3) is 3.82. The van der Waals surface area contributed by atoms with E-state index >= 15 is 0 Å². The number of nitrogens with zero attached hydrogens (tertiary/aromatic N) is 1. The lowest BCUT2D eigenvalue weighted by atomic mass is 9.60. The van der Waals surface area contributed by atoms with Crippen molar-refractivity contribution in [1.82, 2.24) is 0 Å². The van der Waals surface area contributed by atoms with Crippen LogP contribution in [0.25, 0.3) is 0 Å². The van der Waals surface area contributed by atoms with Crippen LogP contribution in [-0.2, 0) is 22.6 Å². The van der Waals surface area contributed by atoms with Crippen LogP contribution >= 0.6 is 0 Å². The van der Waals surface area contributed by atoms with E-state index in [4.69, 9.17) is 5.73 Å². The van der Waals surface area contributed by atoms with E-state index in [0.29, 0.717) is 16.8 Å². The topological polar surface area (TPSA) is 214 Å². The van der Waals surface area contributed by atoms with Gasteiger partial charge in [0.25, 0.3) is 5.91 Å². The molecule has 3 atom stereocenters. The number of ketones is 2. The van der Waals surface area contributed by atoms with Crippen LogP contribution in [0.2, 0.25) is 0 Å². The van der Waals surface area contributed by atoms with Crippen molar-refractivity contribution >= 4 is 28.8 Å². The Hall–Kier alpha value is -4.71. The van der Waals surface area contributed by atoms with Crippen molar-refractivity contribution in [3.63, 3.8) is 0 Å². The molecule has 0 heterocycles. The number of hydrogen-bond donors (Lipinski definition) is 8. The van der Waals surface area contributed by atoms with Gasteiger partial charge in [0, 0.05) is 44.2 Å². The number of carbonyl (C=O) groups is 3. The molecule has 0 unspecified atom stereocenters. The number of carbonyl (C=O) groups excluding carboxylic acids is 3. The fourth-order valence-corrected chi connectivity index (χ4v) is 6.08. The molecule has 0 saturated heterocycles. The first-order chi connectivity index (χ1) is 18.8. The molecule has 210 valence electrons. The van der Waals surface area contributed by atoms with E-state index in [1.165, 1.54) is 12.1 Å². The Morgan fingerprint density at radius 3 is 2.40 bits per heavy atom. The van der Waals surface area contributed by atoms with Crippen LogP contribution in [-0.4, -0.2) is 67.8 Å². The van der Waals surface area contributed by atoms with E-state index in [-0.39, 0.29) is 54.1 Å². The van der Waals surface area contributed by atoms with Crippen LogP contribution in [0.4, 0.5) is 11.4 Å². The maximum atomic E-state index is 13.9. The molecule has 0 spiro atoms. The number of phenolic OH excluding ortho intramolecular Hbond substituents is 3. The first kappa shape index (κ1) is 26.9. The molecule has 5 rings (SSSR count). The molecule has 1 amide bonds. The van der Waals surface area contributed by atoms with Gasteiger partial charge in [-0.05, 0) is 48.1 Å². The molecule has 3 aliphatic carbocycles. The molecule has 9 N–H and O–H groups in total. The van der Waals surface area contributed by atoms with Gasteiger partial charge in [0.1, 0.15) is 22.8 Å². The number of nitrogens with one attached hydrogen (secondary N) is 1. The normalized spacial score (nSPS) is 23.9. The number of hydrogen-bond acceptors (Lipinski definition) is 11. The molecular formula is C28H29N3O9. The predicted molar refractivity (Wildman–Crippen MR) is 142 cm³/mol. The van der Waals surface area contributed by atoms with Crippen molar-refractivity contribution < 1.29 is 45.0 Å².